The van der Waals surface area contributed by atoms with Crippen LogP contribution in [0.25, 0.3) is 0 Å². The summed E-state index contributed by atoms with van der Waals surface area (Å²) in [7, 11) is 3.45. The van der Waals surface area contributed by atoms with Gasteiger partial charge >= 0.3 is 0 Å². The third kappa shape index (κ3) is 6.17. The van der Waals surface area contributed by atoms with Crippen molar-refractivity contribution in [3.05, 3.63) is 30.1 Å². The van der Waals surface area contributed by atoms with E-state index in [1.807, 2.05) is 6.92 Å². The van der Waals surface area contributed by atoms with Crippen molar-refractivity contribution in [1.29, 1.82) is 0 Å². The highest BCUT2D eigenvalue weighted by Gasteiger charge is 2.32. The molecule has 1 saturated heterocycles. The van der Waals surface area contributed by atoms with Crippen LogP contribution in [0.2, 0.25) is 0 Å². The maximum Gasteiger partial charge on any atom is 0.191 e. The second-order valence-electron chi connectivity index (χ2n) is 6.19. The third-order valence-corrected chi connectivity index (χ3v) is 4.33. The standard InChI is InChI=1S/C18H28FN3O3/c1-14(25-16-6-4-5-15(19)11-16)12-21-17(20-2)22-13-18(23-3)7-9-24-10-8-18/h4-6,11,14H,7-10,12-13H2,1-3H3,(H2,20,21,22). The number of hydrogen-bond acceptors (Lipinski definition) is 4. The normalized spacial score (nSPS) is 18.5. The summed E-state index contributed by atoms with van der Waals surface area (Å²) in [6.07, 6.45) is 1.57. The lowest BCUT2D eigenvalue weighted by atomic mass is 9.94. The zero-order chi connectivity index (χ0) is 18.1. The summed E-state index contributed by atoms with van der Waals surface area (Å²) in [5, 5.41) is 6.52. The Morgan fingerprint density at radius 2 is 2.12 bits per heavy atom. The molecule has 1 fully saturated rings. The Labute approximate surface area is 148 Å². The number of aliphatic imine (C=N–C) groups is 1. The van der Waals surface area contributed by atoms with Crippen LogP contribution in [0.4, 0.5) is 4.39 Å². The Morgan fingerprint density at radius 1 is 1.36 bits per heavy atom. The van der Waals surface area contributed by atoms with Crippen molar-refractivity contribution < 1.29 is 18.6 Å². The Balaban J connectivity index is 1.77. The number of halogens is 1. The van der Waals surface area contributed by atoms with E-state index in [4.69, 9.17) is 14.2 Å². The van der Waals surface area contributed by atoms with Gasteiger partial charge in [-0.25, -0.2) is 4.39 Å². The quantitative estimate of drug-likeness (QED) is 0.579. The second kappa shape index (κ2) is 9.58. The number of benzene rings is 1. The fraction of sp³-hybridized carbons (Fsp3) is 0.611. The number of rotatable bonds is 7. The van der Waals surface area contributed by atoms with Crippen molar-refractivity contribution in [2.45, 2.75) is 31.5 Å². The Hall–Kier alpha value is -1.86. The average molecular weight is 353 g/mol. The van der Waals surface area contributed by atoms with Crippen molar-refractivity contribution in [3.63, 3.8) is 0 Å². The molecule has 0 amide bonds. The van der Waals surface area contributed by atoms with Crippen LogP contribution in [-0.2, 0) is 9.47 Å². The average Bonchev–Trinajstić information content (AvgIpc) is 2.62. The minimum absolute atomic E-state index is 0.139. The van der Waals surface area contributed by atoms with Gasteiger partial charge in [0.15, 0.2) is 5.96 Å². The summed E-state index contributed by atoms with van der Waals surface area (Å²) in [5.41, 5.74) is -0.223. The number of ether oxygens (including phenoxy) is 3. The first kappa shape index (κ1) is 19.5. The topological polar surface area (TPSA) is 64.1 Å². The summed E-state index contributed by atoms with van der Waals surface area (Å²) >= 11 is 0. The summed E-state index contributed by atoms with van der Waals surface area (Å²) in [5.74, 6) is 0.881. The maximum absolute atomic E-state index is 13.2. The molecule has 6 nitrogen and oxygen atoms in total. The minimum Gasteiger partial charge on any atom is -0.489 e. The fourth-order valence-electron chi connectivity index (χ4n) is 2.72. The zero-order valence-corrected chi connectivity index (χ0v) is 15.2. The molecule has 0 aliphatic carbocycles. The van der Waals surface area contributed by atoms with Gasteiger partial charge in [0.1, 0.15) is 17.7 Å². The molecule has 1 aliphatic rings. The Bertz CT molecular complexity index is 562. The molecule has 1 aliphatic heterocycles. The van der Waals surface area contributed by atoms with Gasteiger partial charge in [-0.05, 0) is 19.1 Å². The molecular weight excluding hydrogens is 325 g/mol. The number of methoxy groups -OCH3 is 1. The molecule has 0 spiro atoms. The molecule has 0 bridgehead atoms. The molecule has 25 heavy (non-hydrogen) atoms. The molecule has 2 N–H and O–H groups in total. The number of guanidine groups is 1. The van der Waals surface area contributed by atoms with Crippen molar-refractivity contribution in [2.75, 3.05) is 40.5 Å². The predicted octanol–water partition coefficient (Wildman–Crippen LogP) is 1.95. The van der Waals surface area contributed by atoms with Gasteiger partial charge in [0, 0.05) is 52.8 Å². The molecule has 0 aromatic heterocycles. The molecular formula is C18H28FN3O3. The van der Waals surface area contributed by atoms with Crippen molar-refractivity contribution >= 4 is 5.96 Å². The van der Waals surface area contributed by atoms with Crippen LogP contribution in [0, 0.1) is 5.82 Å². The molecule has 1 aromatic rings. The summed E-state index contributed by atoms with van der Waals surface area (Å²) in [6.45, 7) is 4.53. The molecule has 7 heteroatoms. The van der Waals surface area contributed by atoms with E-state index < -0.39 is 0 Å². The Morgan fingerprint density at radius 3 is 2.76 bits per heavy atom. The molecule has 2 rings (SSSR count). The smallest absolute Gasteiger partial charge is 0.191 e. The van der Waals surface area contributed by atoms with Crippen LogP contribution >= 0.6 is 0 Å². The van der Waals surface area contributed by atoms with Gasteiger partial charge in [-0.2, -0.15) is 0 Å². The first-order valence-electron chi connectivity index (χ1n) is 8.56. The first-order valence-corrected chi connectivity index (χ1v) is 8.56. The summed E-state index contributed by atoms with van der Waals surface area (Å²) in [6, 6.07) is 6.13. The third-order valence-electron chi connectivity index (χ3n) is 4.33. The van der Waals surface area contributed by atoms with E-state index in [0.717, 1.165) is 12.8 Å². The maximum atomic E-state index is 13.2. The van der Waals surface area contributed by atoms with Gasteiger partial charge in [-0.1, -0.05) is 6.07 Å². The number of nitrogens with one attached hydrogen (secondary N) is 2. The zero-order valence-electron chi connectivity index (χ0n) is 15.2. The summed E-state index contributed by atoms with van der Waals surface area (Å²) < 4.78 is 30.0. The molecule has 140 valence electrons. The van der Waals surface area contributed by atoms with Gasteiger partial charge < -0.3 is 24.8 Å². The molecule has 1 unspecified atom stereocenters. The lowest BCUT2D eigenvalue weighted by Crippen LogP contribution is -2.51. The van der Waals surface area contributed by atoms with E-state index in [-0.39, 0.29) is 17.5 Å². The van der Waals surface area contributed by atoms with Crippen LogP contribution in [0.3, 0.4) is 0 Å². The highest BCUT2D eigenvalue weighted by atomic mass is 19.1. The monoisotopic (exact) mass is 353 g/mol. The fourth-order valence-corrected chi connectivity index (χ4v) is 2.72. The minimum atomic E-state index is -0.309. The van der Waals surface area contributed by atoms with Crippen LogP contribution in [-0.4, -0.2) is 58.1 Å². The first-order chi connectivity index (χ1) is 12.1. The van der Waals surface area contributed by atoms with Crippen molar-refractivity contribution in [2.24, 2.45) is 4.99 Å². The number of nitrogens with zero attached hydrogens (tertiary/aromatic N) is 1. The second-order valence-corrected chi connectivity index (χ2v) is 6.19. The van der Waals surface area contributed by atoms with Crippen molar-refractivity contribution in [1.82, 2.24) is 10.6 Å². The van der Waals surface area contributed by atoms with Gasteiger partial charge in [0.25, 0.3) is 0 Å². The van der Waals surface area contributed by atoms with Crippen LogP contribution in [0.15, 0.2) is 29.3 Å². The van der Waals surface area contributed by atoms with Crippen molar-refractivity contribution in [3.8, 4) is 5.75 Å². The summed E-state index contributed by atoms with van der Waals surface area (Å²) in [4.78, 5) is 4.22. The van der Waals surface area contributed by atoms with E-state index in [1.54, 1.807) is 26.3 Å². The molecule has 1 atom stereocenters. The Kier molecular flexibility index (Phi) is 7.46. The van der Waals surface area contributed by atoms with E-state index in [1.165, 1.54) is 12.1 Å². The van der Waals surface area contributed by atoms with E-state index >= 15 is 0 Å². The van der Waals surface area contributed by atoms with Gasteiger partial charge in [0.2, 0.25) is 0 Å². The number of hydrogen-bond donors (Lipinski definition) is 2. The molecule has 0 saturated carbocycles. The van der Waals surface area contributed by atoms with Gasteiger partial charge in [-0.3, -0.25) is 4.99 Å². The highest BCUT2D eigenvalue weighted by molar-refractivity contribution is 5.79. The molecule has 1 aromatic carbocycles. The van der Waals surface area contributed by atoms with Gasteiger partial charge in [0.05, 0.1) is 12.1 Å². The SMILES string of the molecule is CN=C(NCC(C)Oc1cccc(F)c1)NCC1(OC)CCOCC1. The van der Waals surface area contributed by atoms with Crippen LogP contribution in [0.1, 0.15) is 19.8 Å². The van der Waals surface area contributed by atoms with E-state index in [9.17, 15) is 4.39 Å². The van der Waals surface area contributed by atoms with E-state index in [2.05, 4.69) is 15.6 Å². The largest absolute Gasteiger partial charge is 0.489 e. The van der Waals surface area contributed by atoms with Gasteiger partial charge in [-0.15, -0.1) is 0 Å². The molecule has 1 heterocycles. The van der Waals surface area contributed by atoms with Crippen LogP contribution in [0.5, 0.6) is 5.75 Å². The molecule has 0 radical (unpaired) electrons. The lowest BCUT2D eigenvalue weighted by molar-refractivity contribution is -0.0855. The predicted molar refractivity (Wildman–Crippen MR) is 95.6 cm³/mol. The highest BCUT2D eigenvalue weighted by Crippen LogP contribution is 2.23. The lowest BCUT2D eigenvalue weighted by Gasteiger charge is -2.36. The van der Waals surface area contributed by atoms with E-state index in [0.29, 0.717) is 38.0 Å². The van der Waals surface area contributed by atoms with Crippen LogP contribution < -0.4 is 15.4 Å².